The van der Waals surface area contributed by atoms with E-state index in [-0.39, 0.29) is 11.7 Å². The third kappa shape index (κ3) is 3.10. The molecular weight excluding hydrogens is 333 g/mol. The van der Waals surface area contributed by atoms with Crippen LogP contribution in [0.3, 0.4) is 0 Å². The van der Waals surface area contributed by atoms with Crippen LogP contribution >= 0.6 is 0 Å². The van der Waals surface area contributed by atoms with Gasteiger partial charge in [0.15, 0.2) is 0 Å². The van der Waals surface area contributed by atoms with Crippen LogP contribution in [0, 0.1) is 5.82 Å². The molecule has 6 heteroatoms. The number of carbonyl (C=O) groups is 1. The van der Waals surface area contributed by atoms with E-state index >= 15 is 0 Å². The number of aromatic nitrogens is 1. The van der Waals surface area contributed by atoms with Crippen molar-refractivity contribution in [2.45, 2.75) is 0 Å². The number of aromatic amines is 1. The highest BCUT2D eigenvalue weighted by Crippen LogP contribution is 2.22. The Labute approximate surface area is 151 Å². The van der Waals surface area contributed by atoms with Gasteiger partial charge in [-0.25, -0.2) is 4.39 Å². The number of piperazine rings is 1. The minimum absolute atomic E-state index is 0.0454. The molecule has 4 rings (SSSR count). The largest absolute Gasteiger partial charge is 0.497 e. The lowest BCUT2D eigenvalue weighted by molar-refractivity contribution is 0.0742. The lowest BCUT2D eigenvalue weighted by Crippen LogP contribution is -2.48. The molecule has 1 fully saturated rings. The summed E-state index contributed by atoms with van der Waals surface area (Å²) >= 11 is 0. The summed E-state index contributed by atoms with van der Waals surface area (Å²) in [5, 5.41) is 0.839. The van der Waals surface area contributed by atoms with Gasteiger partial charge in [0.25, 0.3) is 5.91 Å². The predicted octanol–water partition coefficient (Wildman–Crippen LogP) is 3.28. The molecule has 1 aliphatic heterocycles. The molecule has 2 heterocycles. The van der Waals surface area contributed by atoms with E-state index < -0.39 is 0 Å². The monoisotopic (exact) mass is 353 g/mol. The number of nitrogens with one attached hydrogen (secondary N) is 1. The summed E-state index contributed by atoms with van der Waals surface area (Å²) < 4.78 is 18.5. The van der Waals surface area contributed by atoms with Crippen molar-refractivity contribution in [1.82, 2.24) is 9.88 Å². The molecule has 1 aliphatic rings. The first-order chi connectivity index (χ1) is 12.6. The molecule has 0 aliphatic carbocycles. The van der Waals surface area contributed by atoms with E-state index in [0.717, 1.165) is 29.9 Å². The van der Waals surface area contributed by atoms with Gasteiger partial charge in [0, 0.05) is 42.8 Å². The lowest BCUT2D eigenvalue weighted by atomic mass is 10.2. The van der Waals surface area contributed by atoms with Crippen LogP contribution < -0.4 is 9.64 Å². The molecule has 1 amide bonds. The maximum absolute atomic E-state index is 13.3. The number of rotatable bonds is 3. The normalized spacial score (nSPS) is 14.7. The zero-order valence-corrected chi connectivity index (χ0v) is 14.5. The topological polar surface area (TPSA) is 48.6 Å². The molecule has 1 saturated heterocycles. The first-order valence-corrected chi connectivity index (χ1v) is 8.60. The second-order valence-corrected chi connectivity index (χ2v) is 6.39. The highest BCUT2D eigenvalue weighted by Gasteiger charge is 2.23. The Hall–Kier alpha value is -3.02. The first kappa shape index (κ1) is 16.4. The van der Waals surface area contributed by atoms with Crippen LogP contribution in [0.1, 0.15) is 10.5 Å². The second-order valence-electron chi connectivity index (χ2n) is 6.39. The molecule has 1 aromatic heterocycles. The number of halogens is 1. The van der Waals surface area contributed by atoms with Crippen molar-refractivity contribution in [2.75, 3.05) is 38.2 Å². The molecule has 3 aromatic rings. The number of ether oxygens (including phenoxy) is 1. The fourth-order valence-corrected chi connectivity index (χ4v) is 3.35. The van der Waals surface area contributed by atoms with E-state index in [4.69, 9.17) is 4.74 Å². The molecule has 0 unspecified atom stereocenters. The van der Waals surface area contributed by atoms with Gasteiger partial charge >= 0.3 is 0 Å². The number of fused-ring (bicyclic) bond motifs is 1. The Morgan fingerprint density at radius 1 is 1.04 bits per heavy atom. The summed E-state index contributed by atoms with van der Waals surface area (Å²) in [7, 11) is 1.65. The first-order valence-electron chi connectivity index (χ1n) is 8.60. The number of H-pyrrole nitrogens is 1. The fourth-order valence-electron chi connectivity index (χ4n) is 3.35. The summed E-state index contributed by atoms with van der Waals surface area (Å²) in [4.78, 5) is 19.9. The minimum atomic E-state index is -0.313. The molecule has 0 atom stereocenters. The average Bonchev–Trinajstić information content (AvgIpc) is 3.11. The smallest absolute Gasteiger partial charge is 0.270 e. The molecule has 2 aromatic carbocycles. The molecular formula is C20H20FN3O2. The van der Waals surface area contributed by atoms with Crippen LogP contribution in [-0.4, -0.2) is 49.1 Å². The molecule has 0 bridgehead atoms. The van der Waals surface area contributed by atoms with Crippen molar-refractivity contribution in [2.24, 2.45) is 0 Å². The van der Waals surface area contributed by atoms with Crippen LogP contribution in [-0.2, 0) is 0 Å². The van der Waals surface area contributed by atoms with Gasteiger partial charge in [-0.15, -0.1) is 0 Å². The molecule has 26 heavy (non-hydrogen) atoms. The van der Waals surface area contributed by atoms with Gasteiger partial charge in [0.05, 0.1) is 7.11 Å². The van der Waals surface area contributed by atoms with E-state index in [0.29, 0.717) is 24.3 Å². The molecule has 134 valence electrons. The number of amides is 1. The Morgan fingerprint density at radius 2 is 1.77 bits per heavy atom. The molecule has 0 radical (unpaired) electrons. The molecule has 0 saturated carbocycles. The number of methoxy groups -OCH3 is 1. The number of anilines is 1. The Bertz CT molecular complexity index is 928. The quantitative estimate of drug-likeness (QED) is 0.786. The maximum atomic E-state index is 13.3. The molecule has 1 N–H and O–H groups in total. The Morgan fingerprint density at radius 3 is 2.46 bits per heavy atom. The maximum Gasteiger partial charge on any atom is 0.270 e. The van der Waals surface area contributed by atoms with Crippen molar-refractivity contribution in [3.8, 4) is 5.75 Å². The van der Waals surface area contributed by atoms with Crippen molar-refractivity contribution in [3.05, 3.63) is 60.0 Å². The highest BCUT2D eigenvalue weighted by molar-refractivity contribution is 5.98. The van der Waals surface area contributed by atoms with E-state index in [2.05, 4.69) is 9.88 Å². The van der Waals surface area contributed by atoms with Gasteiger partial charge < -0.3 is 19.5 Å². The van der Waals surface area contributed by atoms with E-state index in [1.165, 1.54) is 12.1 Å². The molecule has 0 spiro atoms. The van der Waals surface area contributed by atoms with Gasteiger partial charge in [0.2, 0.25) is 0 Å². The summed E-state index contributed by atoms with van der Waals surface area (Å²) in [6.07, 6.45) is 0. The summed E-state index contributed by atoms with van der Waals surface area (Å²) in [5.74, 6) is 0.472. The minimum Gasteiger partial charge on any atom is -0.497 e. The van der Waals surface area contributed by atoms with Gasteiger partial charge in [0.1, 0.15) is 17.3 Å². The van der Waals surface area contributed by atoms with Crippen LogP contribution in [0.4, 0.5) is 10.1 Å². The number of benzene rings is 2. The lowest BCUT2D eigenvalue weighted by Gasteiger charge is -2.36. The van der Waals surface area contributed by atoms with Crippen LogP contribution in [0.5, 0.6) is 5.75 Å². The number of nitrogens with zero attached hydrogens (tertiary/aromatic N) is 2. The Balaban J connectivity index is 1.43. The summed E-state index contributed by atoms with van der Waals surface area (Å²) in [6, 6.07) is 14.2. The van der Waals surface area contributed by atoms with Crippen molar-refractivity contribution in [1.29, 1.82) is 0 Å². The third-order valence-corrected chi connectivity index (χ3v) is 4.82. The summed E-state index contributed by atoms with van der Waals surface area (Å²) in [5.41, 5.74) is 2.27. The second kappa shape index (κ2) is 6.71. The van der Waals surface area contributed by atoms with Gasteiger partial charge in [-0.1, -0.05) is 0 Å². The van der Waals surface area contributed by atoms with Crippen molar-refractivity contribution >= 4 is 22.5 Å². The highest BCUT2D eigenvalue weighted by atomic mass is 19.1. The van der Waals surface area contributed by atoms with E-state index in [9.17, 15) is 9.18 Å². The van der Waals surface area contributed by atoms with Crippen LogP contribution in [0.2, 0.25) is 0 Å². The van der Waals surface area contributed by atoms with Crippen molar-refractivity contribution < 1.29 is 13.9 Å². The van der Waals surface area contributed by atoms with E-state index in [1.54, 1.807) is 19.2 Å². The fraction of sp³-hybridized carbons (Fsp3) is 0.250. The number of hydrogen-bond acceptors (Lipinski definition) is 3. The van der Waals surface area contributed by atoms with Gasteiger partial charge in [-0.05, 0) is 48.5 Å². The number of carbonyl (C=O) groups excluding carboxylic acids is 1. The standard InChI is InChI=1S/C20H20FN3O2/c1-26-17-6-4-16(5-7-17)23-8-10-24(11-9-23)20(25)19-12-14-2-3-15(21)13-18(14)22-19/h2-7,12-13,22H,8-11H2,1H3. The predicted molar refractivity (Wildman–Crippen MR) is 99.4 cm³/mol. The number of hydrogen-bond donors (Lipinski definition) is 1. The average molecular weight is 353 g/mol. The van der Waals surface area contributed by atoms with Gasteiger partial charge in [-0.2, -0.15) is 0 Å². The molecule has 5 nitrogen and oxygen atoms in total. The Kier molecular flexibility index (Phi) is 4.24. The SMILES string of the molecule is COc1ccc(N2CCN(C(=O)c3cc4ccc(F)cc4[nH]3)CC2)cc1. The van der Waals surface area contributed by atoms with Crippen molar-refractivity contribution in [3.63, 3.8) is 0 Å². The zero-order valence-electron chi connectivity index (χ0n) is 14.5. The van der Waals surface area contributed by atoms with Crippen LogP contribution in [0.15, 0.2) is 48.5 Å². The van der Waals surface area contributed by atoms with Crippen LogP contribution in [0.25, 0.3) is 10.9 Å². The van der Waals surface area contributed by atoms with Gasteiger partial charge in [-0.3, -0.25) is 4.79 Å². The summed E-state index contributed by atoms with van der Waals surface area (Å²) in [6.45, 7) is 2.84. The third-order valence-electron chi connectivity index (χ3n) is 4.82. The van der Waals surface area contributed by atoms with E-state index in [1.807, 2.05) is 29.2 Å². The zero-order chi connectivity index (χ0) is 18.1.